The Morgan fingerprint density at radius 3 is 2.24 bits per heavy atom. The number of anilines is 1. The first-order chi connectivity index (χ1) is 10.0. The monoisotopic (exact) mass is 281 g/mol. The van der Waals surface area contributed by atoms with Crippen LogP contribution in [0.1, 0.15) is 35.3 Å². The maximum atomic E-state index is 12.7. The van der Waals surface area contributed by atoms with Crippen LogP contribution in [0, 0.1) is 13.8 Å². The van der Waals surface area contributed by atoms with Gasteiger partial charge >= 0.3 is 0 Å². The summed E-state index contributed by atoms with van der Waals surface area (Å²) in [5, 5.41) is 0. The Labute approximate surface area is 127 Å². The highest BCUT2D eigenvalue weighted by Crippen LogP contribution is 2.23. The van der Waals surface area contributed by atoms with Gasteiger partial charge in [-0.1, -0.05) is 48.0 Å². The third-order valence-electron chi connectivity index (χ3n) is 3.95. The predicted molar refractivity (Wildman–Crippen MR) is 89.2 cm³/mol. The Kier molecular flexibility index (Phi) is 4.79. The lowest BCUT2D eigenvalue weighted by Gasteiger charge is -2.30. The molecule has 110 valence electrons. The van der Waals surface area contributed by atoms with E-state index < -0.39 is 0 Å². The van der Waals surface area contributed by atoms with Crippen molar-refractivity contribution in [2.24, 2.45) is 0 Å². The van der Waals surface area contributed by atoms with E-state index in [0.29, 0.717) is 0 Å². The van der Waals surface area contributed by atoms with Crippen molar-refractivity contribution < 1.29 is 4.79 Å². The molecule has 0 spiro atoms. The van der Waals surface area contributed by atoms with E-state index in [1.807, 2.05) is 50.2 Å². The van der Waals surface area contributed by atoms with Crippen LogP contribution in [0.15, 0.2) is 48.5 Å². The number of Topliss-reactive ketones (excluding diaryl/α,β-unsaturated/α-hetero) is 1. The van der Waals surface area contributed by atoms with Crippen LogP contribution in [0.5, 0.6) is 0 Å². The molecule has 0 heterocycles. The molecule has 0 radical (unpaired) electrons. The van der Waals surface area contributed by atoms with E-state index in [2.05, 4.69) is 30.9 Å². The first-order valence-electron chi connectivity index (χ1n) is 7.47. The zero-order valence-corrected chi connectivity index (χ0v) is 13.3. The molecule has 0 N–H and O–H groups in total. The van der Waals surface area contributed by atoms with E-state index >= 15 is 0 Å². The number of ketones is 1. The van der Waals surface area contributed by atoms with Gasteiger partial charge in [0.25, 0.3) is 0 Å². The number of carbonyl (C=O) groups excluding carboxylic acids is 1. The van der Waals surface area contributed by atoms with Gasteiger partial charge in [0.2, 0.25) is 0 Å². The van der Waals surface area contributed by atoms with Gasteiger partial charge in [-0.15, -0.1) is 0 Å². The summed E-state index contributed by atoms with van der Waals surface area (Å²) in [4.78, 5) is 14.9. The summed E-state index contributed by atoms with van der Waals surface area (Å²) in [5.41, 5.74) is 4.28. The molecule has 0 aliphatic heterocycles. The second kappa shape index (κ2) is 6.57. The summed E-state index contributed by atoms with van der Waals surface area (Å²) < 4.78 is 0. The fourth-order valence-corrected chi connectivity index (χ4v) is 2.64. The second-order valence-electron chi connectivity index (χ2n) is 5.48. The van der Waals surface area contributed by atoms with Crippen LogP contribution in [0.2, 0.25) is 0 Å². The highest BCUT2D eigenvalue weighted by molar-refractivity contribution is 6.01. The molecule has 0 aliphatic carbocycles. The molecule has 2 nitrogen and oxygen atoms in total. The number of hydrogen-bond donors (Lipinski definition) is 0. The quantitative estimate of drug-likeness (QED) is 0.757. The number of carbonyl (C=O) groups is 1. The summed E-state index contributed by atoms with van der Waals surface area (Å²) in [6.45, 7) is 9.00. The normalized spacial score (nSPS) is 12.0. The van der Waals surface area contributed by atoms with Crippen molar-refractivity contribution in [2.45, 2.75) is 33.7 Å². The maximum Gasteiger partial charge on any atom is 0.184 e. The van der Waals surface area contributed by atoms with Gasteiger partial charge in [-0.25, -0.2) is 0 Å². The van der Waals surface area contributed by atoms with Crippen LogP contribution >= 0.6 is 0 Å². The zero-order chi connectivity index (χ0) is 15.4. The first kappa shape index (κ1) is 15.3. The molecule has 0 fully saturated rings. The highest BCUT2D eigenvalue weighted by Gasteiger charge is 2.22. The lowest BCUT2D eigenvalue weighted by Crippen LogP contribution is -2.39. The maximum absolute atomic E-state index is 12.7. The SMILES string of the molecule is CCN(c1ccccc1C)C(C)C(=O)c1ccc(C)cc1. The Morgan fingerprint density at radius 2 is 1.67 bits per heavy atom. The summed E-state index contributed by atoms with van der Waals surface area (Å²) in [6, 6.07) is 15.9. The number of aryl methyl sites for hydroxylation is 2. The molecule has 2 rings (SSSR count). The third-order valence-corrected chi connectivity index (χ3v) is 3.95. The molecule has 21 heavy (non-hydrogen) atoms. The molecule has 2 heteroatoms. The predicted octanol–water partition coefficient (Wildman–Crippen LogP) is 4.40. The average molecular weight is 281 g/mol. The second-order valence-corrected chi connectivity index (χ2v) is 5.48. The van der Waals surface area contributed by atoms with Gasteiger partial charge in [0, 0.05) is 17.8 Å². The molecule has 2 aromatic carbocycles. The molecule has 2 aromatic rings. The van der Waals surface area contributed by atoms with Gasteiger partial charge in [-0.3, -0.25) is 4.79 Å². The van der Waals surface area contributed by atoms with Crippen molar-refractivity contribution in [2.75, 3.05) is 11.4 Å². The number of nitrogens with zero attached hydrogens (tertiary/aromatic N) is 1. The summed E-state index contributed by atoms with van der Waals surface area (Å²) >= 11 is 0. The lowest BCUT2D eigenvalue weighted by molar-refractivity contribution is 0.0964. The van der Waals surface area contributed by atoms with E-state index in [1.54, 1.807) is 0 Å². The molecular weight excluding hydrogens is 258 g/mol. The number of likely N-dealkylation sites (N-methyl/N-ethyl adjacent to an activating group) is 1. The molecule has 0 aromatic heterocycles. The van der Waals surface area contributed by atoms with E-state index in [1.165, 1.54) is 11.1 Å². The van der Waals surface area contributed by atoms with Gasteiger partial charge in [0.1, 0.15) is 0 Å². The summed E-state index contributed by atoms with van der Waals surface area (Å²) in [5.74, 6) is 0.167. The summed E-state index contributed by atoms with van der Waals surface area (Å²) in [6.07, 6.45) is 0. The molecule has 0 saturated carbocycles. The fraction of sp³-hybridized carbons (Fsp3) is 0.316. The van der Waals surface area contributed by atoms with Gasteiger partial charge in [0.15, 0.2) is 5.78 Å². The fourth-order valence-electron chi connectivity index (χ4n) is 2.64. The van der Waals surface area contributed by atoms with E-state index in [4.69, 9.17) is 0 Å². The van der Waals surface area contributed by atoms with E-state index in [0.717, 1.165) is 17.8 Å². The zero-order valence-electron chi connectivity index (χ0n) is 13.3. The van der Waals surface area contributed by atoms with Crippen LogP contribution in [0.3, 0.4) is 0 Å². The average Bonchev–Trinajstić information content (AvgIpc) is 2.50. The molecular formula is C19H23NO. The molecule has 0 aliphatic rings. The molecule has 0 bridgehead atoms. The number of benzene rings is 2. The van der Waals surface area contributed by atoms with Crippen molar-refractivity contribution in [3.8, 4) is 0 Å². The summed E-state index contributed by atoms with van der Waals surface area (Å²) in [7, 11) is 0. The van der Waals surface area contributed by atoms with Crippen LogP contribution in [-0.4, -0.2) is 18.4 Å². The Balaban J connectivity index is 2.28. The minimum absolute atomic E-state index is 0.167. The Morgan fingerprint density at radius 1 is 1.05 bits per heavy atom. The number of para-hydroxylation sites is 1. The van der Waals surface area contributed by atoms with Crippen molar-refractivity contribution in [3.63, 3.8) is 0 Å². The van der Waals surface area contributed by atoms with Crippen molar-refractivity contribution >= 4 is 11.5 Å². The topological polar surface area (TPSA) is 20.3 Å². The standard InChI is InChI=1S/C19H23NO/c1-5-20(18-9-7-6-8-15(18)3)16(4)19(21)17-12-10-14(2)11-13-17/h6-13,16H,5H2,1-4H3. The van der Waals surface area contributed by atoms with Crippen LogP contribution in [0.4, 0.5) is 5.69 Å². The van der Waals surface area contributed by atoms with Crippen LogP contribution < -0.4 is 4.90 Å². The molecule has 0 amide bonds. The van der Waals surface area contributed by atoms with Crippen molar-refractivity contribution in [3.05, 3.63) is 65.2 Å². The Bertz CT molecular complexity index is 616. The third kappa shape index (κ3) is 3.33. The smallest absolute Gasteiger partial charge is 0.184 e. The minimum atomic E-state index is -0.168. The molecule has 0 saturated heterocycles. The highest BCUT2D eigenvalue weighted by atomic mass is 16.1. The first-order valence-corrected chi connectivity index (χ1v) is 7.47. The number of rotatable bonds is 5. The number of hydrogen-bond acceptors (Lipinski definition) is 2. The van der Waals surface area contributed by atoms with Crippen molar-refractivity contribution in [1.29, 1.82) is 0 Å². The van der Waals surface area contributed by atoms with Crippen LogP contribution in [-0.2, 0) is 0 Å². The van der Waals surface area contributed by atoms with Gasteiger partial charge in [-0.05, 0) is 39.3 Å². The molecule has 1 atom stereocenters. The van der Waals surface area contributed by atoms with Gasteiger partial charge in [0.05, 0.1) is 6.04 Å². The minimum Gasteiger partial charge on any atom is -0.361 e. The van der Waals surface area contributed by atoms with Gasteiger partial charge in [-0.2, -0.15) is 0 Å². The lowest BCUT2D eigenvalue weighted by atomic mass is 10.0. The van der Waals surface area contributed by atoms with Crippen molar-refractivity contribution in [1.82, 2.24) is 0 Å². The van der Waals surface area contributed by atoms with Crippen LogP contribution in [0.25, 0.3) is 0 Å². The van der Waals surface area contributed by atoms with E-state index in [9.17, 15) is 4.79 Å². The van der Waals surface area contributed by atoms with Gasteiger partial charge < -0.3 is 4.90 Å². The van der Waals surface area contributed by atoms with E-state index in [-0.39, 0.29) is 11.8 Å². The molecule has 1 unspecified atom stereocenters. The Hall–Kier alpha value is -2.09. The largest absolute Gasteiger partial charge is 0.361 e.